The van der Waals surface area contributed by atoms with Gasteiger partial charge in [-0.1, -0.05) is 0 Å². The van der Waals surface area contributed by atoms with Crippen molar-refractivity contribution in [2.24, 2.45) is 0 Å². The van der Waals surface area contributed by atoms with Crippen molar-refractivity contribution in [3.8, 4) is 0 Å². The highest BCUT2D eigenvalue weighted by Gasteiger charge is 2.07. The normalized spacial score (nSPS) is 9.50. The average Bonchev–Trinajstić information content (AvgIpc) is 2.04. The number of aromatic amines is 1. The lowest BCUT2D eigenvalue weighted by Crippen LogP contribution is -2.13. The first-order valence-electron chi connectivity index (χ1n) is 3.43. The SMILES string of the molecule is CNc1n[nH]c(=O)cc1C(C)=O. The van der Waals surface area contributed by atoms with Crippen LogP contribution in [0.3, 0.4) is 0 Å². The molecule has 12 heavy (non-hydrogen) atoms. The van der Waals surface area contributed by atoms with E-state index in [0.29, 0.717) is 11.4 Å². The number of hydrogen-bond donors (Lipinski definition) is 2. The van der Waals surface area contributed by atoms with E-state index in [9.17, 15) is 9.59 Å². The topological polar surface area (TPSA) is 74.8 Å². The Morgan fingerprint density at radius 1 is 1.67 bits per heavy atom. The summed E-state index contributed by atoms with van der Waals surface area (Å²) in [5.74, 6) is 0.208. The van der Waals surface area contributed by atoms with Gasteiger partial charge in [0.15, 0.2) is 11.6 Å². The summed E-state index contributed by atoms with van der Waals surface area (Å²) in [4.78, 5) is 21.7. The summed E-state index contributed by atoms with van der Waals surface area (Å²) >= 11 is 0. The molecule has 2 N–H and O–H groups in total. The van der Waals surface area contributed by atoms with E-state index in [-0.39, 0.29) is 11.3 Å². The number of ketones is 1. The highest BCUT2D eigenvalue weighted by Crippen LogP contribution is 2.06. The van der Waals surface area contributed by atoms with Crippen LogP contribution in [0, 0.1) is 0 Å². The Kier molecular flexibility index (Phi) is 2.23. The third kappa shape index (κ3) is 1.50. The van der Waals surface area contributed by atoms with Gasteiger partial charge in [-0.3, -0.25) is 9.59 Å². The summed E-state index contributed by atoms with van der Waals surface area (Å²) in [5.41, 5.74) is -0.0690. The molecule has 0 fully saturated rings. The molecule has 1 aromatic rings. The molecule has 0 atom stereocenters. The molecule has 1 heterocycles. The van der Waals surface area contributed by atoms with Crippen molar-refractivity contribution in [3.63, 3.8) is 0 Å². The molecule has 0 saturated heterocycles. The molecule has 1 aromatic heterocycles. The summed E-state index contributed by atoms with van der Waals surface area (Å²) < 4.78 is 0. The van der Waals surface area contributed by atoms with Crippen molar-refractivity contribution in [1.29, 1.82) is 0 Å². The molecule has 0 aromatic carbocycles. The van der Waals surface area contributed by atoms with Crippen LogP contribution in [0.2, 0.25) is 0 Å². The molecule has 0 radical (unpaired) electrons. The first-order valence-corrected chi connectivity index (χ1v) is 3.43. The highest BCUT2D eigenvalue weighted by atomic mass is 16.1. The lowest BCUT2D eigenvalue weighted by atomic mass is 10.2. The second-order valence-corrected chi connectivity index (χ2v) is 2.30. The number of nitrogens with zero attached hydrogens (tertiary/aromatic N) is 1. The van der Waals surface area contributed by atoms with Crippen LogP contribution in [-0.2, 0) is 0 Å². The van der Waals surface area contributed by atoms with Crippen LogP contribution in [0.4, 0.5) is 5.82 Å². The minimum Gasteiger partial charge on any atom is -0.371 e. The van der Waals surface area contributed by atoms with Crippen LogP contribution < -0.4 is 10.9 Å². The predicted octanol–water partition coefficient (Wildman–Crippen LogP) is 0.0142. The quantitative estimate of drug-likeness (QED) is 0.608. The maximum atomic E-state index is 10.9. The predicted molar refractivity (Wildman–Crippen MR) is 44.4 cm³/mol. The summed E-state index contributed by atoms with van der Waals surface area (Å²) in [6.45, 7) is 1.39. The Balaban J connectivity index is 3.31. The van der Waals surface area contributed by atoms with Gasteiger partial charge in [-0.25, -0.2) is 5.10 Å². The molecular formula is C7H9N3O2. The van der Waals surface area contributed by atoms with Crippen LogP contribution in [0.1, 0.15) is 17.3 Å². The molecule has 5 heteroatoms. The smallest absolute Gasteiger partial charge is 0.265 e. The third-order valence-corrected chi connectivity index (χ3v) is 1.42. The monoisotopic (exact) mass is 167 g/mol. The molecule has 0 saturated carbocycles. The number of carbonyl (C=O) groups excluding carboxylic acids is 1. The van der Waals surface area contributed by atoms with Crippen LogP contribution in [0.15, 0.2) is 10.9 Å². The minimum atomic E-state index is -0.376. The van der Waals surface area contributed by atoms with Gasteiger partial charge in [0.05, 0.1) is 5.56 Å². The molecule has 1 rings (SSSR count). The number of carbonyl (C=O) groups is 1. The Morgan fingerprint density at radius 3 is 2.83 bits per heavy atom. The largest absolute Gasteiger partial charge is 0.371 e. The second kappa shape index (κ2) is 3.17. The van der Waals surface area contributed by atoms with Gasteiger partial charge in [0.25, 0.3) is 5.56 Å². The van der Waals surface area contributed by atoms with Crippen molar-refractivity contribution in [3.05, 3.63) is 22.0 Å². The number of H-pyrrole nitrogens is 1. The van der Waals surface area contributed by atoms with Gasteiger partial charge in [-0.2, -0.15) is 5.10 Å². The van der Waals surface area contributed by atoms with Gasteiger partial charge < -0.3 is 5.32 Å². The van der Waals surface area contributed by atoms with Gasteiger partial charge >= 0.3 is 0 Å². The number of rotatable bonds is 2. The molecule has 0 aliphatic heterocycles. The van der Waals surface area contributed by atoms with Crippen LogP contribution in [0.25, 0.3) is 0 Å². The Hall–Kier alpha value is -1.65. The van der Waals surface area contributed by atoms with E-state index >= 15 is 0 Å². The first-order chi connectivity index (χ1) is 5.65. The highest BCUT2D eigenvalue weighted by molar-refractivity contribution is 5.98. The lowest BCUT2D eigenvalue weighted by Gasteiger charge is -2.01. The zero-order valence-corrected chi connectivity index (χ0v) is 6.84. The molecule has 64 valence electrons. The zero-order chi connectivity index (χ0) is 9.14. The average molecular weight is 167 g/mol. The third-order valence-electron chi connectivity index (χ3n) is 1.42. The summed E-state index contributed by atoms with van der Waals surface area (Å²) in [5, 5.41) is 8.58. The van der Waals surface area contributed by atoms with Gasteiger partial charge in [-0.05, 0) is 6.92 Å². The number of Topliss-reactive ketones (excluding diaryl/α,β-unsaturated/α-hetero) is 1. The van der Waals surface area contributed by atoms with Gasteiger partial charge in [0, 0.05) is 13.1 Å². The van der Waals surface area contributed by atoms with E-state index in [2.05, 4.69) is 15.5 Å². The van der Waals surface area contributed by atoms with Gasteiger partial charge in [0.2, 0.25) is 0 Å². The first kappa shape index (κ1) is 8.45. The Bertz CT molecular complexity index is 356. The van der Waals surface area contributed by atoms with Gasteiger partial charge in [0.1, 0.15) is 0 Å². The maximum absolute atomic E-state index is 10.9. The maximum Gasteiger partial charge on any atom is 0.265 e. The van der Waals surface area contributed by atoms with E-state index in [4.69, 9.17) is 0 Å². The molecule has 0 unspecified atom stereocenters. The second-order valence-electron chi connectivity index (χ2n) is 2.30. The van der Waals surface area contributed by atoms with Crippen molar-refractivity contribution in [2.75, 3.05) is 12.4 Å². The van der Waals surface area contributed by atoms with Crippen molar-refractivity contribution in [2.45, 2.75) is 6.92 Å². The van der Waals surface area contributed by atoms with E-state index in [0.717, 1.165) is 0 Å². The Labute approximate surface area is 68.8 Å². The van der Waals surface area contributed by atoms with Crippen LogP contribution in [-0.4, -0.2) is 23.0 Å². The standard InChI is InChI=1S/C7H9N3O2/c1-4(11)5-3-6(12)9-10-7(5)8-2/h3H,1-2H3,(H,8,10)(H,9,12). The van der Waals surface area contributed by atoms with Crippen molar-refractivity contribution >= 4 is 11.6 Å². The van der Waals surface area contributed by atoms with E-state index in [1.165, 1.54) is 13.0 Å². The fourth-order valence-electron chi connectivity index (χ4n) is 0.862. The van der Waals surface area contributed by atoms with Crippen molar-refractivity contribution < 1.29 is 4.79 Å². The fourth-order valence-corrected chi connectivity index (χ4v) is 0.862. The summed E-state index contributed by atoms with van der Waals surface area (Å²) in [7, 11) is 1.63. The number of nitrogens with one attached hydrogen (secondary N) is 2. The number of anilines is 1. The molecular weight excluding hydrogens is 158 g/mol. The molecule has 0 aliphatic carbocycles. The summed E-state index contributed by atoms with van der Waals surface area (Å²) in [6, 6.07) is 1.22. The molecule has 0 spiro atoms. The van der Waals surface area contributed by atoms with E-state index < -0.39 is 0 Å². The van der Waals surface area contributed by atoms with Crippen LogP contribution in [0.5, 0.6) is 0 Å². The van der Waals surface area contributed by atoms with E-state index in [1.54, 1.807) is 7.05 Å². The fraction of sp³-hybridized carbons (Fsp3) is 0.286. The van der Waals surface area contributed by atoms with Crippen molar-refractivity contribution in [1.82, 2.24) is 10.2 Å². The molecule has 0 bridgehead atoms. The lowest BCUT2D eigenvalue weighted by molar-refractivity contribution is 0.101. The van der Waals surface area contributed by atoms with Gasteiger partial charge in [-0.15, -0.1) is 0 Å². The summed E-state index contributed by atoms with van der Waals surface area (Å²) in [6.07, 6.45) is 0. The minimum absolute atomic E-state index is 0.182. The Morgan fingerprint density at radius 2 is 2.33 bits per heavy atom. The zero-order valence-electron chi connectivity index (χ0n) is 6.84. The van der Waals surface area contributed by atoms with Crippen LogP contribution >= 0.6 is 0 Å². The molecule has 0 amide bonds. The number of aromatic nitrogens is 2. The molecule has 5 nitrogen and oxygen atoms in total. The number of hydrogen-bond acceptors (Lipinski definition) is 4. The molecule has 0 aliphatic rings. The van der Waals surface area contributed by atoms with E-state index in [1.807, 2.05) is 0 Å².